The third-order valence-corrected chi connectivity index (χ3v) is 5.09. The van der Waals surface area contributed by atoms with Gasteiger partial charge in [0, 0.05) is 12.0 Å². The van der Waals surface area contributed by atoms with Gasteiger partial charge in [0.15, 0.2) is 0 Å². The summed E-state index contributed by atoms with van der Waals surface area (Å²) in [6, 6.07) is 0. The Labute approximate surface area is 133 Å². The summed E-state index contributed by atoms with van der Waals surface area (Å²) in [5, 5.41) is 0. The summed E-state index contributed by atoms with van der Waals surface area (Å²) in [5.74, 6) is 1.63. The van der Waals surface area contributed by atoms with Gasteiger partial charge < -0.3 is 9.47 Å². The average Bonchev–Trinajstić information content (AvgIpc) is 3.38. The largest absolute Gasteiger partial charge is 0.456 e. The van der Waals surface area contributed by atoms with E-state index >= 15 is 0 Å². The van der Waals surface area contributed by atoms with Crippen LogP contribution < -0.4 is 0 Å². The first-order valence-corrected chi connectivity index (χ1v) is 8.49. The van der Waals surface area contributed by atoms with E-state index in [1.807, 2.05) is 13.8 Å². The molecule has 0 aromatic rings. The average molecular weight is 302 g/mol. The Kier molecular flexibility index (Phi) is 4.56. The predicted octanol–water partition coefficient (Wildman–Crippen LogP) is 3.80. The van der Waals surface area contributed by atoms with Crippen LogP contribution >= 0.6 is 0 Å². The molecule has 3 aliphatic rings. The molecule has 1 unspecified atom stereocenters. The van der Waals surface area contributed by atoms with Gasteiger partial charge in [-0.05, 0) is 56.6 Å². The first-order chi connectivity index (χ1) is 10.6. The second-order valence-electron chi connectivity index (χ2n) is 7.07. The Hall–Kier alpha value is -1.31. The fraction of sp³-hybridized carbons (Fsp3) is 0.684. The molecular formula is C19H26O3. The smallest absolute Gasteiger partial charge is 0.331 e. The van der Waals surface area contributed by atoms with Gasteiger partial charge in [0.05, 0.1) is 12.2 Å². The van der Waals surface area contributed by atoms with Crippen molar-refractivity contribution in [2.75, 3.05) is 0 Å². The van der Waals surface area contributed by atoms with Crippen LogP contribution in [0, 0.1) is 17.8 Å². The van der Waals surface area contributed by atoms with E-state index in [0.717, 1.165) is 17.9 Å². The van der Waals surface area contributed by atoms with Crippen molar-refractivity contribution in [2.45, 2.75) is 64.3 Å². The Morgan fingerprint density at radius 1 is 1.32 bits per heavy atom. The van der Waals surface area contributed by atoms with Crippen molar-refractivity contribution in [1.29, 1.82) is 0 Å². The van der Waals surface area contributed by atoms with Crippen LogP contribution in [0.5, 0.6) is 0 Å². The maximum absolute atomic E-state index is 12.1. The van der Waals surface area contributed by atoms with Gasteiger partial charge in [-0.3, -0.25) is 0 Å². The van der Waals surface area contributed by atoms with Crippen LogP contribution in [0.15, 0.2) is 30.0 Å². The topological polar surface area (TPSA) is 35.5 Å². The summed E-state index contributed by atoms with van der Waals surface area (Å²) < 4.78 is 11.9. The van der Waals surface area contributed by atoms with Crippen LogP contribution in [0.25, 0.3) is 0 Å². The molecule has 0 spiro atoms. The molecule has 3 rings (SSSR count). The molecule has 0 aromatic carbocycles. The molecule has 0 bridgehead atoms. The van der Waals surface area contributed by atoms with Gasteiger partial charge in [-0.2, -0.15) is 0 Å². The lowest BCUT2D eigenvalue weighted by molar-refractivity contribution is -0.147. The lowest BCUT2D eigenvalue weighted by Gasteiger charge is -2.23. The molecule has 22 heavy (non-hydrogen) atoms. The first-order valence-electron chi connectivity index (χ1n) is 8.49. The molecule has 3 nitrogen and oxygen atoms in total. The molecule has 3 heteroatoms. The van der Waals surface area contributed by atoms with Gasteiger partial charge in [-0.25, -0.2) is 4.79 Å². The Morgan fingerprint density at radius 3 is 2.64 bits per heavy atom. The number of carbonyl (C=O) groups is 1. The number of hydrogen-bond acceptors (Lipinski definition) is 3. The Morgan fingerprint density at radius 2 is 2.05 bits per heavy atom. The lowest BCUT2D eigenvalue weighted by Crippen LogP contribution is -2.33. The Bertz CT molecular complexity index is 507. The monoisotopic (exact) mass is 302 g/mol. The standard InChI is InChI=1S/C19H26O3/c1-4-12(2)5-10-17(20)22-19-13(3)21-16(11-14-6-7-14)18(19)15-8-9-15/h5,10,13-16,18-19H,1,6-9,11H2,2-3H3/b10-5-/t13-,16+,18?,19+/m0/s1. The SMILES string of the molecule is C=C=C(C)/C=C\C(=O)O[C@H]1C(C2CC2)[C@@H](CC2CC2)O[C@H]1C. The van der Waals surface area contributed by atoms with E-state index in [1.54, 1.807) is 6.08 Å². The van der Waals surface area contributed by atoms with Gasteiger partial charge >= 0.3 is 5.97 Å². The molecular weight excluding hydrogens is 276 g/mol. The zero-order valence-electron chi connectivity index (χ0n) is 13.6. The first kappa shape index (κ1) is 15.6. The molecule has 0 aromatic heterocycles. The number of carbonyl (C=O) groups excluding carboxylic acids is 1. The molecule has 2 saturated carbocycles. The van der Waals surface area contributed by atoms with Crippen LogP contribution in [-0.2, 0) is 14.3 Å². The molecule has 0 radical (unpaired) electrons. The van der Waals surface area contributed by atoms with Crippen molar-refractivity contribution in [3.05, 3.63) is 30.0 Å². The van der Waals surface area contributed by atoms with Crippen molar-refractivity contribution in [3.8, 4) is 0 Å². The number of allylic oxidation sites excluding steroid dienone is 2. The van der Waals surface area contributed by atoms with Crippen LogP contribution in [-0.4, -0.2) is 24.3 Å². The molecule has 2 aliphatic carbocycles. The summed E-state index contributed by atoms with van der Waals surface area (Å²) in [7, 11) is 0. The third kappa shape index (κ3) is 3.71. The van der Waals surface area contributed by atoms with E-state index in [4.69, 9.17) is 9.47 Å². The Balaban J connectivity index is 1.64. The van der Waals surface area contributed by atoms with Crippen molar-refractivity contribution >= 4 is 5.97 Å². The summed E-state index contributed by atoms with van der Waals surface area (Å²) in [5.41, 5.74) is 3.57. The second-order valence-corrected chi connectivity index (χ2v) is 7.07. The molecule has 1 aliphatic heterocycles. The molecule has 0 amide bonds. The predicted molar refractivity (Wildman–Crippen MR) is 85.2 cm³/mol. The maximum Gasteiger partial charge on any atom is 0.331 e. The van der Waals surface area contributed by atoms with E-state index < -0.39 is 0 Å². The summed E-state index contributed by atoms with van der Waals surface area (Å²) >= 11 is 0. The molecule has 0 N–H and O–H groups in total. The highest BCUT2D eigenvalue weighted by Crippen LogP contribution is 2.49. The number of hydrogen-bond donors (Lipinski definition) is 0. The lowest BCUT2D eigenvalue weighted by atomic mass is 9.89. The quantitative estimate of drug-likeness (QED) is 0.324. The molecule has 4 atom stereocenters. The zero-order valence-corrected chi connectivity index (χ0v) is 13.6. The third-order valence-electron chi connectivity index (χ3n) is 5.09. The summed E-state index contributed by atoms with van der Waals surface area (Å²) in [4.78, 5) is 12.1. The van der Waals surface area contributed by atoms with Gasteiger partial charge in [-0.15, -0.1) is 5.73 Å². The van der Waals surface area contributed by atoms with E-state index in [1.165, 1.54) is 31.8 Å². The minimum absolute atomic E-state index is 0.00254. The highest BCUT2D eigenvalue weighted by molar-refractivity contribution is 5.82. The molecule has 1 heterocycles. The van der Waals surface area contributed by atoms with Crippen LogP contribution in [0.3, 0.4) is 0 Å². The van der Waals surface area contributed by atoms with Crippen LogP contribution in [0.4, 0.5) is 0 Å². The van der Waals surface area contributed by atoms with Gasteiger partial charge in [0.2, 0.25) is 0 Å². The van der Waals surface area contributed by atoms with Crippen LogP contribution in [0.1, 0.15) is 46.0 Å². The van der Waals surface area contributed by atoms with E-state index in [0.29, 0.717) is 11.8 Å². The number of ether oxygens (including phenoxy) is 2. The fourth-order valence-corrected chi connectivity index (χ4v) is 3.52. The molecule has 1 saturated heterocycles. The van der Waals surface area contributed by atoms with E-state index in [2.05, 4.69) is 12.3 Å². The highest BCUT2D eigenvalue weighted by Gasteiger charge is 2.52. The fourth-order valence-electron chi connectivity index (χ4n) is 3.52. The molecule has 120 valence electrons. The zero-order chi connectivity index (χ0) is 15.7. The van der Waals surface area contributed by atoms with Gasteiger partial charge in [0.25, 0.3) is 0 Å². The molecule has 3 fully saturated rings. The number of rotatable bonds is 6. The van der Waals surface area contributed by atoms with Gasteiger partial charge in [0.1, 0.15) is 6.10 Å². The van der Waals surface area contributed by atoms with Crippen molar-refractivity contribution in [1.82, 2.24) is 0 Å². The van der Waals surface area contributed by atoms with Crippen molar-refractivity contribution < 1.29 is 14.3 Å². The summed E-state index contributed by atoms with van der Waals surface area (Å²) in [6.45, 7) is 7.45. The van der Waals surface area contributed by atoms with Crippen LogP contribution in [0.2, 0.25) is 0 Å². The number of esters is 1. The van der Waals surface area contributed by atoms with Crippen molar-refractivity contribution in [2.24, 2.45) is 17.8 Å². The summed E-state index contributed by atoms with van der Waals surface area (Å²) in [6.07, 6.45) is 9.69. The normalized spacial score (nSPS) is 34.6. The van der Waals surface area contributed by atoms with E-state index in [-0.39, 0.29) is 24.3 Å². The van der Waals surface area contributed by atoms with E-state index in [9.17, 15) is 4.79 Å². The minimum atomic E-state index is -0.284. The van der Waals surface area contributed by atoms with Crippen molar-refractivity contribution in [3.63, 3.8) is 0 Å². The highest BCUT2D eigenvalue weighted by atomic mass is 16.6. The van der Waals surface area contributed by atoms with Gasteiger partial charge in [-0.1, -0.05) is 19.4 Å². The minimum Gasteiger partial charge on any atom is -0.456 e. The maximum atomic E-state index is 12.1. The second kappa shape index (κ2) is 6.44.